The second-order valence-corrected chi connectivity index (χ2v) is 10.4. The average Bonchev–Trinajstić information content (AvgIpc) is 3.61. The van der Waals surface area contributed by atoms with Crippen molar-refractivity contribution in [2.75, 3.05) is 9.44 Å². The van der Waals surface area contributed by atoms with Gasteiger partial charge >= 0.3 is 52.8 Å². The van der Waals surface area contributed by atoms with E-state index in [-0.39, 0.29) is 21.7 Å². The van der Waals surface area contributed by atoms with Crippen molar-refractivity contribution >= 4 is 31.4 Å². The Labute approximate surface area is 254 Å². The Morgan fingerprint density at radius 1 is 0.558 bits per heavy atom. The van der Waals surface area contributed by atoms with Gasteiger partial charge in [0.25, 0.3) is 0 Å². The molecule has 0 heterocycles. The summed E-state index contributed by atoms with van der Waals surface area (Å²) in [5.41, 5.74) is -13.2. The third kappa shape index (κ3) is 14.1. The van der Waals surface area contributed by atoms with Crippen LogP contribution in [-0.4, -0.2) is 27.9 Å². The molecule has 0 atom stereocenters. The predicted octanol–water partition coefficient (Wildman–Crippen LogP) is 6.86. The van der Waals surface area contributed by atoms with Crippen molar-refractivity contribution in [2.45, 2.75) is 11.0 Å². The molecule has 0 saturated carbocycles. The van der Waals surface area contributed by atoms with E-state index in [0.29, 0.717) is 24.3 Å². The molecule has 2 N–H and O–H groups in total. The minimum Gasteiger partial charge on any atom is -0.326 e. The summed E-state index contributed by atoms with van der Waals surface area (Å²) in [6.07, 6.45) is 0. The van der Waals surface area contributed by atoms with Crippen LogP contribution < -0.4 is 9.44 Å². The molecule has 4 aromatic carbocycles. The molecule has 19 heteroatoms. The molecule has 4 rings (SSSR count). The van der Waals surface area contributed by atoms with E-state index in [1.165, 1.54) is 12.1 Å². The maximum absolute atomic E-state index is 12.8. The largest absolute Gasteiger partial charge is 4.00 e. The van der Waals surface area contributed by atoms with Crippen LogP contribution in [-0.2, 0) is 41.8 Å². The van der Waals surface area contributed by atoms with Crippen LogP contribution in [0.2, 0.25) is 0 Å². The fraction of sp³-hybridized carbons (Fsp3) is 0.0833. The average molecular weight is 698 g/mol. The number of rotatable bonds is 4. The normalized spacial score (nSPS) is 11.2. The second kappa shape index (κ2) is 17.1. The summed E-state index contributed by atoms with van der Waals surface area (Å²) in [5, 5.41) is 0. The molecular formula is C24H16F10N2O4S2Ti. The molecule has 0 aliphatic rings. The van der Waals surface area contributed by atoms with E-state index in [4.69, 9.17) is 0 Å². The molecule has 0 amide bonds. The molecule has 4 aromatic rings. The summed E-state index contributed by atoms with van der Waals surface area (Å²) in [5.74, 6) is -5.44. The van der Waals surface area contributed by atoms with Gasteiger partial charge in [-0.05, 0) is 11.4 Å². The number of anilines is 2. The van der Waals surface area contributed by atoms with Crippen LogP contribution in [0, 0.1) is 35.4 Å². The Bertz CT molecular complexity index is 1420. The van der Waals surface area contributed by atoms with Crippen LogP contribution in [0.15, 0.2) is 84.9 Å². The van der Waals surface area contributed by atoms with Gasteiger partial charge in [0.05, 0.1) is 0 Å². The van der Waals surface area contributed by atoms with Crippen LogP contribution in [0.3, 0.4) is 0 Å². The number of alkyl halides is 6. The molecule has 6 nitrogen and oxygen atoms in total. The van der Waals surface area contributed by atoms with Gasteiger partial charge in [-0.3, -0.25) is 0 Å². The van der Waals surface area contributed by atoms with Crippen molar-refractivity contribution in [2.24, 2.45) is 0 Å². The molecule has 0 aliphatic carbocycles. The van der Waals surface area contributed by atoms with E-state index in [9.17, 15) is 60.7 Å². The van der Waals surface area contributed by atoms with Gasteiger partial charge in [-0.15, -0.1) is 36.4 Å². The first-order chi connectivity index (χ1) is 19.3. The number of nitrogens with one attached hydrogen (secondary N) is 2. The summed E-state index contributed by atoms with van der Waals surface area (Å²) in [7, 11) is -11.4. The Kier molecular flexibility index (Phi) is 15.7. The van der Waals surface area contributed by atoms with Gasteiger partial charge in [0.15, 0.2) is 0 Å². The SMILES string of the molecule is O=S(=O)(Nc1ccc(F)[c-]c1F)C(F)(F)F.O=S(=O)(Nc1ccc(F)[c-]c1F)C(F)(F)F.[Ti+4].c1cc[cH-]c1.c1cc[cH-]c1. The van der Waals surface area contributed by atoms with E-state index in [1.54, 1.807) is 0 Å². The van der Waals surface area contributed by atoms with Crippen LogP contribution in [0.1, 0.15) is 0 Å². The van der Waals surface area contributed by atoms with E-state index in [1.807, 2.05) is 60.7 Å². The van der Waals surface area contributed by atoms with E-state index < -0.39 is 65.7 Å². The van der Waals surface area contributed by atoms with Crippen molar-refractivity contribution in [3.8, 4) is 0 Å². The van der Waals surface area contributed by atoms with Crippen molar-refractivity contribution in [3.05, 3.63) is 120 Å². The van der Waals surface area contributed by atoms with Crippen molar-refractivity contribution in [3.63, 3.8) is 0 Å². The smallest absolute Gasteiger partial charge is 0.326 e. The van der Waals surface area contributed by atoms with Gasteiger partial charge in [-0.25, -0.2) is 41.8 Å². The van der Waals surface area contributed by atoms with Crippen molar-refractivity contribution in [1.29, 1.82) is 0 Å². The zero-order chi connectivity index (χ0) is 32.2. The maximum Gasteiger partial charge on any atom is 4.00 e. The van der Waals surface area contributed by atoms with Gasteiger partial charge < -0.3 is 9.44 Å². The fourth-order valence-electron chi connectivity index (χ4n) is 2.09. The molecule has 0 spiro atoms. The first kappa shape index (κ1) is 39.7. The van der Waals surface area contributed by atoms with Gasteiger partial charge in [-0.2, -0.15) is 79.6 Å². The zero-order valence-corrected chi connectivity index (χ0v) is 24.0. The molecule has 0 bridgehead atoms. The molecule has 43 heavy (non-hydrogen) atoms. The Balaban J connectivity index is 0.000000608. The monoisotopic (exact) mass is 698 g/mol. The molecule has 232 valence electrons. The van der Waals surface area contributed by atoms with Gasteiger partial charge in [0.1, 0.15) is 0 Å². The second-order valence-electron chi connectivity index (χ2n) is 7.09. The Hall–Kier alpha value is -3.35. The van der Waals surface area contributed by atoms with Crippen molar-refractivity contribution in [1.82, 2.24) is 0 Å². The molecular weight excluding hydrogens is 682 g/mol. The first-order valence-electron chi connectivity index (χ1n) is 10.5. The van der Waals surface area contributed by atoms with Crippen molar-refractivity contribution < 1.29 is 82.5 Å². The summed E-state index contributed by atoms with van der Waals surface area (Å²) in [6, 6.07) is 24.9. The van der Waals surface area contributed by atoms with E-state index >= 15 is 0 Å². The van der Waals surface area contributed by atoms with Gasteiger partial charge in [-0.1, -0.05) is 0 Å². The summed E-state index contributed by atoms with van der Waals surface area (Å²) in [6.45, 7) is 0. The molecule has 0 saturated heterocycles. The summed E-state index contributed by atoms with van der Waals surface area (Å²) >= 11 is 0. The topological polar surface area (TPSA) is 92.3 Å². The molecule has 0 radical (unpaired) electrons. The van der Waals surface area contributed by atoms with Crippen LogP contribution in [0.25, 0.3) is 0 Å². The predicted molar refractivity (Wildman–Crippen MR) is 132 cm³/mol. The Morgan fingerprint density at radius 2 is 0.837 bits per heavy atom. The van der Waals surface area contributed by atoms with E-state index in [2.05, 4.69) is 0 Å². The minimum atomic E-state index is -5.72. The molecule has 0 aromatic heterocycles. The third-order valence-corrected chi connectivity index (χ3v) is 6.13. The maximum atomic E-state index is 12.8. The van der Waals surface area contributed by atoms with Crippen LogP contribution in [0.4, 0.5) is 55.3 Å². The van der Waals surface area contributed by atoms with Gasteiger partial charge in [0.2, 0.25) is 0 Å². The number of hydrogen-bond donors (Lipinski definition) is 2. The standard InChI is InChI=1S/2C7H3F5NO2S.2C5H5.Ti/c2*8-4-1-2-6(5(9)3-4)13-16(14,15)7(10,11)12;2*1-2-4-5-3-1;/h2*1-2,13H;2*1-5H;/q4*-1;+4. The molecule has 0 aliphatic heterocycles. The zero-order valence-electron chi connectivity index (χ0n) is 20.8. The first-order valence-corrected chi connectivity index (χ1v) is 13.5. The Morgan fingerprint density at radius 3 is 1.02 bits per heavy atom. The number of benzene rings is 2. The fourth-order valence-corrected chi connectivity index (χ4v) is 3.22. The van der Waals surface area contributed by atoms with E-state index in [0.717, 1.165) is 9.44 Å². The number of hydrogen-bond acceptors (Lipinski definition) is 4. The molecule has 0 fully saturated rings. The number of sulfonamides is 2. The molecule has 0 unspecified atom stereocenters. The summed E-state index contributed by atoms with van der Waals surface area (Å²) < 4.78 is 165. The van der Waals surface area contributed by atoms with Crippen LogP contribution in [0.5, 0.6) is 0 Å². The summed E-state index contributed by atoms with van der Waals surface area (Å²) in [4.78, 5) is 0. The van der Waals surface area contributed by atoms with Gasteiger partial charge in [0, 0.05) is 23.3 Å². The minimum absolute atomic E-state index is 0. The number of halogens is 10. The van der Waals surface area contributed by atoms with Crippen LogP contribution >= 0.6 is 0 Å². The quantitative estimate of drug-likeness (QED) is 0.139. The third-order valence-electron chi connectivity index (χ3n) is 3.93.